The van der Waals surface area contributed by atoms with Gasteiger partial charge in [0.2, 0.25) is 0 Å². The van der Waals surface area contributed by atoms with Crippen LogP contribution in [0.3, 0.4) is 0 Å². The first-order valence-corrected chi connectivity index (χ1v) is 3.56. The van der Waals surface area contributed by atoms with E-state index in [4.69, 9.17) is 17.2 Å². The molecule has 60 valence electrons. The number of hydrogen-bond donors (Lipinski definition) is 3. The summed E-state index contributed by atoms with van der Waals surface area (Å²) in [6.07, 6.45) is 0. The maximum Gasteiger partial charge on any atom is 0.0362 e. The van der Waals surface area contributed by atoms with Crippen LogP contribution >= 0.6 is 0 Å². The molecule has 0 radical (unpaired) electrons. The fourth-order valence-corrected chi connectivity index (χ4v) is 1.09. The Morgan fingerprint density at radius 3 is 2.27 bits per heavy atom. The maximum atomic E-state index is 5.67. The van der Waals surface area contributed by atoms with Gasteiger partial charge in [-0.2, -0.15) is 0 Å². The summed E-state index contributed by atoms with van der Waals surface area (Å²) in [5.74, 6) is 0. The lowest BCUT2D eigenvalue weighted by molar-refractivity contribution is 0.983. The van der Waals surface area contributed by atoms with Crippen molar-refractivity contribution in [2.45, 2.75) is 13.1 Å². The van der Waals surface area contributed by atoms with Crippen molar-refractivity contribution in [2.24, 2.45) is 11.5 Å². The molecule has 0 unspecified atom stereocenters. The van der Waals surface area contributed by atoms with Crippen LogP contribution in [0.1, 0.15) is 11.1 Å². The maximum absolute atomic E-state index is 5.67. The Bertz CT molecular complexity index is 245. The van der Waals surface area contributed by atoms with Gasteiger partial charge in [-0.3, -0.25) is 0 Å². The van der Waals surface area contributed by atoms with Crippen LogP contribution in [0.2, 0.25) is 0 Å². The highest BCUT2D eigenvalue weighted by atomic mass is 14.6. The first-order valence-electron chi connectivity index (χ1n) is 3.56. The smallest absolute Gasteiger partial charge is 0.0362 e. The predicted octanol–water partition coefficient (Wildman–Crippen LogP) is 0.186. The first kappa shape index (κ1) is 8.04. The number of nitrogens with two attached hydrogens (primary N) is 3. The summed E-state index contributed by atoms with van der Waals surface area (Å²) >= 11 is 0. The molecule has 0 aliphatic heterocycles. The van der Waals surface area contributed by atoms with Crippen molar-refractivity contribution in [2.75, 3.05) is 5.73 Å². The summed E-state index contributed by atoms with van der Waals surface area (Å²) in [6.45, 7) is 0.955. The Kier molecular flexibility index (Phi) is 2.46. The van der Waals surface area contributed by atoms with Crippen molar-refractivity contribution in [3.63, 3.8) is 0 Å². The number of anilines is 1. The molecule has 1 aromatic carbocycles. The van der Waals surface area contributed by atoms with Crippen molar-refractivity contribution in [3.05, 3.63) is 29.3 Å². The van der Waals surface area contributed by atoms with Crippen LogP contribution in [0.15, 0.2) is 18.2 Å². The summed E-state index contributed by atoms with van der Waals surface area (Å²) in [7, 11) is 0. The highest BCUT2D eigenvalue weighted by molar-refractivity contribution is 5.50. The summed E-state index contributed by atoms with van der Waals surface area (Å²) in [4.78, 5) is 0. The standard InChI is InChI=1S/C8H13N3/c9-4-6-2-1-3-8(11)7(6)5-10/h1-3H,4-5,9-11H2. The molecule has 0 aliphatic carbocycles. The third kappa shape index (κ3) is 1.50. The minimum absolute atomic E-state index is 0.458. The molecule has 1 aromatic rings. The molecule has 0 aromatic heterocycles. The zero-order valence-electron chi connectivity index (χ0n) is 6.38. The lowest BCUT2D eigenvalue weighted by atomic mass is 10.1. The van der Waals surface area contributed by atoms with Gasteiger partial charge < -0.3 is 17.2 Å². The van der Waals surface area contributed by atoms with E-state index in [2.05, 4.69) is 0 Å². The molecule has 3 heteroatoms. The molecule has 6 N–H and O–H groups in total. The highest BCUT2D eigenvalue weighted by Crippen LogP contribution is 2.15. The number of hydrogen-bond acceptors (Lipinski definition) is 3. The van der Waals surface area contributed by atoms with E-state index in [-0.39, 0.29) is 0 Å². The Morgan fingerprint density at radius 2 is 1.82 bits per heavy atom. The molecule has 0 aliphatic rings. The summed E-state index contributed by atoms with van der Waals surface area (Å²) < 4.78 is 0. The third-order valence-corrected chi connectivity index (χ3v) is 1.73. The average Bonchev–Trinajstić information content (AvgIpc) is 2.04. The van der Waals surface area contributed by atoms with Crippen LogP contribution in [0.25, 0.3) is 0 Å². The molecule has 0 bridgehead atoms. The van der Waals surface area contributed by atoms with Crippen molar-refractivity contribution in [1.29, 1.82) is 0 Å². The van der Waals surface area contributed by atoms with Gasteiger partial charge in [0.25, 0.3) is 0 Å². The minimum atomic E-state index is 0.458. The zero-order valence-corrected chi connectivity index (χ0v) is 6.38. The van der Waals surface area contributed by atoms with Gasteiger partial charge in [0.05, 0.1) is 0 Å². The fourth-order valence-electron chi connectivity index (χ4n) is 1.09. The second-order valence-corrected chi connectivity index (χ2v) is 2.39. The first-order chi connectivity index (χ1) is 5.29. The molecule has 11 heavy (non-hydrogen) atoms. The summed E-state index contributed by atoms with van der Waals surface area (Å²) in [5.41, 5.74) is 19.4. The lowest BCUT2D eigenvalue weighted by Crippen LogP contribution is -2.08. The van der Waals surface area contributed by atoms with Gasteiger partial charge in [-0.25, -0.2) is 0 Å². The number of rotatable bonds is 2. The topological polar surface area (TPSA) is 78.1 Å². The highest BCUT2D eigenvalue weighted by Gasteiger charge is 2.00. The molecule has 0 spiro atoms. The Labute approximate surface area is 66.2 Å². The van der Waals surface area contributed by atoms with E-state index in [1.807, 2.05) is 18.2 Å². The predicted molar refractivity (Wildman–Crippen MR) is 46.6 cm³/mol. The lowest BCUT2D eigenvalue weighted by Gasteiger charge is -2.07. The molecular weight excluding hydrogens is 138 g/mol. The van der Waals surface area contributed by atoms with E-state index in [9.17, 15) is 0 Å². The van der Waals surface area contributed by atoms with Crippen molar-refractivity contribution in [3.8, 4) is 0 Å². The zero-order chi connectivity index (χ0) is 8.27. The van der Waals surface area contributed by atoms with Crippen LogP contribution in [0.4, 0.5) is 5.69 Å². The van der Waals surface area contributed by atoms with Crippen LogP contribution in [-0.4, -0.2) is 0 Å². The van der Waals surface area contributed by atoms with Crippen molar-refractivity contribution in [1.82, 2.24) is 0 Å². The fraction of sp³-hybridized carbons (Fsp3) is 0.250. The molecule has 3 nitrogen and oxygen atoms in total. The van der Waals surface area contributed by atoms with Gasteiger partial charge in [-0.05, 0) is 17.2 Å². The molecule has 0 saturated heterocycles. The Morgan fingerprint density at radius 1 is 1.09 bits per heavy atom. The molecule has 1 rings (SSSR count). The van der Waals surface area contributed by atoms with E-state index in [1.54, 1.807) is 0 Å². The molecule has 0 saturated carbocycles. The minimum Gasteiger partial charge on any atom is -0.398 e. The van der Waals surface area contributed by atoms with Crippen molar-refractivity contribution >= 4 is 5.69 Å². The SMILES string of the molecule is NCc1cccc(N)c1CN. The van der Waals surface area contributed by atoms with Gasteiger partial charge in [-0.1, -0.05) is 12.1 Å². The second kappa shape index (κ2) is 3.37. The Hall–Kier alpha value is -1.06. The molecular formula is C8H13N3. The number of benzene rings is 1. The van der Waals surface area contributed by atoms with Gasteiger partial charge >= 0.3 is 0 Å². The normalized spacial score (nSPS) is 10.0. The van der Waals surface area contributed by atoms with Crippen molar-refractivity contribution < 1.29 is 0 Å². The van der Waals surface area contributed by atoms with Gasteiger partial charge in [0, 0.05) is 18.8 Å². The molecule has 0 amide bonds. The summed E-state index contributed by atoms with van der Waals surface area (Å²) in [6, 6.07) is 5.66. The average molecular weight is 151 g/mol. The molecule has 0 fully saturated rings. The molecule has 0 atom stereocenters. The van der Waals surface area contributed by atoms with E-state index < -0.39 is 0 Å². The van der Waals surface area contributed by atoms with E-state index >= 15 is 0 Å². The van der Waals surface area contributed by atoms with Crippen LogP contribution in [0, 0.1) is 0 Å². The monoisotopic (exact) mass is 151 g/mol. The van der Waals surface area contributed by atoms with E-state index in [0.29, 0.717) is 13.1 Å². The Balaban J connectivity index is 3.13. The van der Waals surface area contributed by atoms with Crippen LogP contribution in [-0.2, 0) is 13.1 Å². The largest absolute Gasteiger partial charge is 0.398 e. The quantitative estimate of drug-likeness (QED) is 0.528. The molecule has 0 heterocycles. The van der Waals surface area contributed by atoms with Gasteiger partial charge in [0.1, 0.15) is 0 Å². The van der Waals surface area contributed by atoms with Crippen LogP contribution < -0.4 is 17.2 Å². The van der Waals surface area contributed by atoms with E-state index in [1.165, 1.54) is 0 Å². The van der Waals surface area contributed by atoms with Crippen LogP contribution in [0.5, 0.6) is 0 Å². The number of nitrogen functional groups attached to an aromatic ring is 1. The summed E-state index contributed by atoms with van der Waals surface area (Å²) in [5, 5.41) is 0. The third-order valence-electron chi connectivity index (χ3n) is 1.73. The second-order valence-electron chi connectivity index (χ2n) is 2.39. The van der Waals surface area contributed by atoms with Gasteiger partial charge in [0.15, 0.2) is 0 Å². The van der Waals surface area contributed by atoms with Gasteiger partial charge in [-0.15, -0.1) is 0 Å². The van der Waals surface area contributed by atoms with E-state index in [0.717, 1.165) is 16.8 Å².